The summed E-state index contributed by atoms with van der Waals surface area (Å²) < 4.78 is 33.9. The zero-order chi connectivity index (χ0) is 20.6. The molecule has 2 aromatic carbocycles. The Bertz CT molecular complexity index is 943. The quantitative estimate of drug-likeness (QED) is 0.730. The Kier molecular flexibility index (Phi) is 5.04. The van der Waals surface area contributed by atoms with Crippen LogP contribution in [0.5, 0.6) is 11.5 Å². The molecule has 2 aromatic rings. The zero-order valence-corrected chi connectivity index (χ0v) is 15.8. The van der Waals surface area contributed by atoms with Crippen molar-refractivity contribution in [3.05, 3.63) is 47.5 Å². The molecule has 2 aliphatic rings. The van der Waals surface area contributed by atoms with E-state index in [-0.39, 0.29) is 30.4 Å². The maximum Gasteiger partial charge on any atom is 0.224 e. The minimum Gasteiger partial charge on any atom is -0.508 e. The molecule has 1 fully saturated rings. The van der Waals surface area contributed by atoms with E-state index in [0.717, 1.165) is 6.07 Å². The van der Waals surface area contributed by atoms with Gasteiger partial charge in [0.15, 0.2) is 0 Å². The van der Waals surface area contributed by atoms with Crippen LogP contribution >= 0.6 is 0 Å². The number of aromatic hydroxyl groups is 1. The molecule has 1 saturated heterocycles. The van der Waals surface area contributed by atoms with Crippen LogP contribution in [0.4, 0.5) is 20.2 Å². The number of piperidine rings is 1. The van der Waals surface area contributed by atoms with Gasteiger partial charge >= 0.3 is 0 Å². The van der Waals surface area contributed by atoms with Gasteiger partial charge in [0.25, 0.3) is 0 Å². The van der Waals surface area contributed by atoms with Crippen molar-refractivity contribution in [2.24, 2.45) is 0 Å². The average molecular weight is 404 g/mol. The normalized spacial score (nSPS) is 18.2. The van der Waals surface area contributed by atoms with E-state index in [1.54, 1.807) is 0 Å². The van der Waals surface area contributed by atoms with Crippen LogP contribution in [0, 0.1) is 11.6 Å². The largest absolute Gasteiger partial charge is 0.508 e. The lowest BCUT2D eigenvalue weighted by atomic mass is 9.92. The number of halogens is 2. The first kappa shape index (κ1) is 19.4. The molecule has 0 bridgehead atoms. The molecule has 4 rings (SSSR count). The van der Waals surface area contributed by atoms with Gasteiger partial charge in [-0.05, 0) is 43.5 Å². The molecule has 0 saturated carbocycles. The number of carbonyl (C=O) groups excluding carboxylic acids is 1. The van der Waals surface area contributed by atoms with E-state index in [4.69, 9.17) is 4.74 Å². The van der Waals surface area contributed by atoms with Gasteiger partial charge in [-0.1, -0.05) is 0 Å². The summed E-state index contributed by atoms with van der Waals surface area (Å²) in [7, 11) is 0. The number of nitrogens with one attached hydrogen (secondary N) is 1. The molecule has 8 heteroatoms. The first-order chi connectivity index (χ1) is 13.8. The molecular weight excluding hydrogens is 382 g/mol. The molecule has 3 N–H and O–H groups in total. The second-order valence-corrected chi connectivity index (χ2v) is 7.58. The summed E-state index contributed by atoms with van der Waals surface area (Å²) in [4.78, 5) is 13.4. The molecule has 0 radical (unpaired) electrons. The van der Waals surface area contributed by atoms with Crippen molar-refractivity contribution >= 4 is 17.3 Å². The van der Waals surface area contributed by atoms with Crippen LogP contribution in [0.1, 0.15) is 24.8 Å². The highest BCUT2D eigenvalue weighted by atomic mass is 19.1. The Balaban J connectivity index is 1.41. The Morgan fingerprint density at radius 1 is 1.10 bits per heavy atom. The van der Waals surface area contributed by atoms with Gasteiger partial charge in [0.05, 0.1) is 11.4 Å². The number of benzene rings is 2. The SMILES string of the molecule is O=C1CCc2c(OCC3(O)CCN(c4ccc(O)cc4F)CC3)ccc(F)c2N1. The zero-order valence-electron chi connectivity index (χ0n) is 15.8. The van der Waals surface area contributed by atoms with Crippen LogP contribution in [0.15, 0.2) is 30.3 Å². The Morgan fingerprint density at radius 2 is 1.86 bits per heavy atom. The molecule has 0 aliphatic carbocycles. The fourth-order valence-corrected chi connectivity index (χ4v) is 3.83. The van der Waals surface area contributed by atoms with Crippen molar-refractivity contribution in [3.63, 3.8) is 0 Å². The number of rotatable bonds is 4. The Morgan fingerprint density at radius 3 is 2.59 bits per heavy atom. The first-order valence-corrected chi connectivity index (χ1v) is 9.54. The highest BCUT2D eigenvalue weighted by Crippen LogP contribution is 2.35. The fraction of sp³-hybridized carbons (Fsp3) is 0.381. The van der Waals surface area contributed by atoms with Crippen LogP contribution < -0.4 is 15.0 Å². The van der Waals surface area contributed by atoms with Crippen molar-refractivity contribution in [3.8, 4) is 11.5 Å². The standard InChI is InChI=1S/C21H22F2N2O4/c22-15-3-5-18(14-2-6-19(27)24-20(14)15)29-12-21(28)7-9-25(10-8-21)17-4-1-13(26)11-16(17)23/h1,3-5,11,26,28H,2,6-10,12H2,(H,24,27). The van der Waals surface area contributed by atoms with Crippen molar-refractivity contribution in [2.45, 2.75) is 31.3 Å². The number of carbonyl (C=O) groups is 1. The predicted octanol–water partition coefficient (Wildman–Crippen LogP) is 2.97. The minimum atomic E-state index is -1.09. The maximum absolute atomic E-state index is 14.1. The van der Waals surface area contributed by atoms with Gasteiger partial charge in [-0.3, -0.25) is 4.79 Å². The van der Waals surface area contributed by atoms with Crippen LogP contribution in [0.3, 0.4) is 0 Å². The summed E-state index contributed by atoms with van der Waals surface area (Å²) in [5.41, 5.74) is 0.0255. The summed E-state index contributed by atoms with van der Waals surface area (Å²) in [5.74, 6) is -0.940. The summed E-state index contributed by atoms with van der Waals surface area (Å²) in [6.07, 6.45) is 1.37. The number of hydrogen-bond acceptors (Lipinski definition) is 5. The number of ether oxygens (including phenoxy) is 1. The van der Waals surface area contributed by atoms with Crippen molar-refractivity contribution in [1.82, 2.24) is 0 Å². The van der Waals surface area contributed by atoms with Crippen LogP contribution in [-0.4, -0.2) is 41.4 Å². The molecule has 0 aromatic heterocycles. The molecule has 2 aliphatic heterocycles. The van der Waals surface area contributed by atoms with E-state index >= 15 is 0 Å². The fourth-order valence-electron chi connectivity index (χ4n) is 3.83. The van der Waals surface area contributed by atoms with E-state index < -0.39 is 17.2 Å². The summed E-state index contributed by atoms with van der Waals surface area (Å²) in [5, 5.41) is 22.8. The van der Waals surface area contributed by atoms with Gasteiger partial charge in [0.2, 0.25) is 5.91 Å². The molecule has 29 heavy (non-hydrogen) atoms. The van der Waals surface area contributed by atoms with E-state index in [1.807, 2.05) is 4.90 Å². The summed E-state index contributed by atoms with van der Waals surface area (Å²) in [6.45, 7) is 0.878. The van der Waals surface area contributed by atoms with E-state index in [2.05, 4.69) is 5.32 Å². The van der Waals surface area contributed by atoms with Gasteiger partial charge < -0.3 is 25.2 Å². The molecule has 0 unspecified atom stereocenters. The Labute approximate surface area is 166 Å². The smallest absolute Gasteiger partial charge is 0.224 e. The number of anilines is 2. The molecule has 6 nitrogen and oxygen atoms in total. The lowest BCUT2D eigenvalue weighted by Crippen LogP contribution is -2.48. The highest BCUT2D eigenvalue weighted by molar-refractivity contribution is 5.94. The molecule has 0 atom stereocenters. The second-order valence-electron chi connectivity index (χ2n) is 7.58. The minimum absolute atomic E-state index is 0.0188. The van der Waals surface area contributed by atoms with Crippen molar-refractivity contribution < 1.29 is 28.5 Å². The summed E-state index contributed by atoms with van der Waals surface area (Å²) in [6, 6.07) is 6.76. The van der Waals surface area contributed by atoms with Crippen LogP contribution in [0.2, 0.25) is 0 Å². The second kappa shape index (κ2) is 7.51. The molecule has 2 heterocycles. The van der Waals surface area contributed by atoms with E-state index in [9.17, 15) is 23.8 Å². The number of amides is 1. The third-order valence-corrected chi connectivity index (χ3v) is 5.55. The molecular formula is C21H22F2N2O4. The van der Waals surface area contributed by atoms with E-state index in [0.29, 0.717) is 49.4 Å². The van der Waals surface area contributed by atoms with Gasteiger partial charge in [0, 0.05) is 31.1 Å². The maximum atomic E-state index is 14.1. The van der Waals surface area contributed by atoms with Crippen molar-refractivity contribution in [2.75, 3.05) is 29.9 Å². The number of phenols is 1. The van der Waals surface area contributed by atoms with Gasteiger partial charge in [0.1, 0.15) is 35.3 Å². The number of phenolic OH excluding ortho intramolecular Hbond substituents is 1. The lowest BCUT2D eigenvalue weighted by molar-refractivity contribution is -0.116. The molecule has 154 valence electrons. The van der Waals surface area contributed by atoms with Gasteiger partial charge in [-0.2, -0.15) is 0 Å². The number of nitrogens with zero attached hydrogens (tertiary/aromatic N) is 1. The number of fused-ring (bicyclic) bond motifs is 1. The van der Waals surface area contributed by atoms with Crippen LogP contribution in [-0.2, 0) is 11.2 Å². The van der Waals surface area contributed by atoms with Crippen LogP contribution in [0.25, 0.3) is 0 Å². The average Bonchev–Trinajstić information content (AvgIpc) is 2.69. The predicted molar refractivity (Wildman–Crippen MR) is 103 cm³/mol. The van der Waals surface area contributed by atoms with Crippen molar-refractivity contribution in [1.29, 1.82) is 0 Å². The van der Waals surface area contributed by atoms with Gasteiger partial charge in [-0.25, -0.2) is 8.78 Å². The topological polar surface area (TPSA) is 82.0 Å². The summed E-state index contributed by atoms with van der Waals surface area (Å²) >= 11 is 0. The third kappa shape index (κ3) is 3.98. The Hall–Kier alpha value is -2.87. The highest BCUT2D eigenvalue weighted by Gasteiger charge is 2.34. The number of aliphatic hydroxyl groups is 1. The third-order valence-electron chi connectivity index (χ3n) is 5.55. The van der Waals surface area contributed by atoms with Gasteiger partial charge in [-0.15, -0.1) is 0 Å². The van der Waals surface area contributed by atoms with E-state index in [1.165, 1.54) is 24.3 Å². The lowest BCUT2D eigenvalue weighted by Gasteiger charge is -2.39. The number of hydrogen-bond donors (Lipinski definition) is 3. The molecule has 1 amide bonds. The first-order valence-electron chi connectivity index (χ1n) is 9.54. The monoisotopic (exact) mass is 404 g/mol. The molecule has 0 spiro atoms.